The Labute approximate surface area is 157 Å². The van der Waals surface area contributed by atoms with Crippen molar-refractivity contribution in [3.63, 3.8) is 0 Å². The lowest BCUT2D eigenvalue weighted by Crippen LogP contribution is -2.27. The van der Waals surface area contributed by atoms with Crippen LogP contribution in [0.15, 0.2) is 48.5 Å². The van der Waals surface area contributed by atoms with Crippen LogP contribution in [0, 0.1) is 0 Å². The minimum absolute atomic E-state index is 0.348. The summed E-state index contributed by atoms with van der Waals surface area (Å²) < 4.78 is 32.8. The molecule has 0 spiro atoms. The molecule has 2 aromatic carbocycles. The van der Waals surface area contributed by atoms with Crippen molar-refractivity contribution in [2.75, 3.05) is 20.4 Å². The molecule has 0 N–H and O–H groups in total. The Balaban J connectivity index is 1.94. The summed E-state index contributed by atoms with van der Waals surface area (Å²) in [6.07, 6.45) is -1.14. The van der Waals surface area contributed by atoms with Crippen molar-refractivity contribution in [1.82, 2.24) is 0 Å². The van der Waals surface area contributed by atoms with Crippen LogP contribution in [0.1, 0.15) is 6.92 Å². The zero-order chi connectivity index (χ0) is 19.2. The van der Waals surface area contributed by atoms with E-state index >= 15 is 0 Å². The molecule has 26 heavy (non-hydrogen) atoms. The van der Waals surface area contributed by atoms with Crippen LogP contribution in [0.5, 0.6) is 17.2 Å². The lowest BCUT2D eigenvalue weighted by atomic mass is 10.2. The number of ether oxygens (including phenoxy) is 2. The van der Waals surface area contributed by atoms with Gasteiger partial charge >= 0.3 is 7.60 Å². The minimum atomic E-state index is -3.41. The monoisotopic (exact) mass is 398 g/mol. The molecule has 0 aliphatic rings. The van der Waals surface area contributed by atoms with Gasteiger partial charge in [-0.15, -0.1) is 0 Å². The summed E-state index contributed by atoms with van der Waals surface area (Å²) >= 11 is 5.84. The van der Waals surface area contributed by atoms with Crippen LogP contribution in [0.2, 0.25) is 5.02 Å². The van der Waals surface area contributed by atoms with Gasteiger partial charge in [-0.3, -0.25) is 9.36 Å². The summed E-state index contributed by atoms with van der Waals surface area (Å²) in [5.41, 5.74) is 0. The molecule has 8 heteroatoms. The van der Waals surface area contributed by atoms with E-state index in [1.54, 1.807) is 55.5 Å². The highest BCUT2D eigenvalue weighted by atomic mass is 35.5. The van der Waals surface area contributed by atoms with Gasteiger partial charge in [0.25, 0.3) is 0 Å². The second-order valence-corrected chi connectivity index (χ2v) is 8.09. The van der Waals surface area contributed by atoms with Crippen LogP contribution in [0.3, 0.4) is 0 Å². The van der Waals surface area contributed by atoms with E-state index in [2.05, 4.69) is 0 Å². The van der Waals surface area contributed by atoms with E-state index in [1.807, 2.05) is 0 Å². The topological polar surface area (TPSA) is 71.1 Å². The predicted octanol–water partition coefficient (Wildman–Crippen LogP) is 4.95. The van der Waals surface area contributed by atoms with Crippen molar-refractivity contribution in [3.05, 3.63) is 53.6 Å². The first-order chi connectivity index (χ1) is 12.3. The number of hydrogen-bond acceptors (Lipinski definition) is 6. The normalized spacial score (nSPS) is 12.5. The summed E-state index contributed by atoms with van der Waals surface area (Å²) in [6, 6.07) is 13.8. The first-order valence-corrected chi connectivity index (χ1v) is 9.89. The van der Waals surface area contributed by atoms with E-state index in [9.17, 15) is 9.36 Å². The van der Waals surface area contributed by atoms with Crippen LogP contribution < -0.4 is 9.47 Å². The Morgan fingerprint density at radius 2 is 1.42 bits per heavy atom. The third kappa shape index (κ3) is 5.85. The molecule has 6 nitrogen and oxygen atoms in total. The van der Waals surface area contributed by atoms with Crippen LogP contribution in [0.25, 0.3) is 0 Å². The van der Waals surface area contributed by atoms with Crippen molar-refractivity contribution < 1.29 is 27.9 Å². The average Bonchev–Trinajstić information content (AvgIpc) is 2.65. The third-order valence-electron chi connectivity index (χ3n) is 3.55. The van der Waals surface area contributed by atoms with Crippen molar-refractivity contribution in [2.24, 2.45) is 0 Å². The highest BCUT2D eigenvalue weighted by Crippen LogP contribution is 2.46. The zero-order valence-electron chi connectivity index (χ0n) is 14.7. The van der Waals surface area contributed by atoms with Gasteiger partial charge in [0.1, 0.15) is 23.4 Å². The second-order valence-electron chi connectivity index (χ2n) is 5.39. The lowest BCUT2D eigenvalue weighted by molar-refractivity contribution is -0.122. The molecule has 0 aromatic heterocycles. The molecule has 0 bridgehead atoms. The van der Waals surface area contributed by atoms with Gasteiger partial charge in [-0.2, -0.15) is 0 Å². The van der Waals surface area contributed by atoms with E-state index in [0.29, 0.717) is 22.3 Å². The SMILES string of the molecule is COP(=O)(CC(=O)C(C)Oc1ccc(Oc2ccc(Cl)cc2)cc1)OC. The number of rotatable bonds is 9. The fourth-order valence-corrected chi connectivity index (χ4v) is 3.19. The van der Waals surface area contributed by atoms with E-state index in [4.69, 9.17) is 30.1 Å². The molecule has 0 aliphatic carbocycles. The van der Waals surface area contributed by atoms with Crippen molar-refractivity contribution in [3.8, 4) is 17.2 Å². The van der Waals surface area contributed by atoms with Crippen molar-refractivity contribution in [1.29, 1.82) is 0 Å². The summed E-state index contributed by atoms with van der Waals surface area (Å²) in [6.45, 7) is 1.58. The smallest absolute Gasteiger partial charge is 0.337 e. The Hall–Kier alpha value is -1.85. The number of ketones is 1. The maximum atomic E-state index is 12.1. The lowest BCUT2D eigenvalue weighted by Gasteiger charge is -2.17. The fraction of sp³-hybridized carbons (Fsp3) is 0.278. The van der Waals surface area contributed by atoms with Gasteiger partial charge in [0.05, 0.1) is 0 Å². The number of carbonyl (C=O) groups excluding carboxylic acids is 1. The highest BCUT2D eigenvalue weighted by Gasteiger charge is 2.29. The van der Waals surface area contributed by atoms with Crippen molar-refractivity contribution >= 4 is 25.0 Å². The summed E-state index contributed by atoms with van der Waals surface area (Å²) in [5, 5.41) is 0.631. The van der Waals surface area contributed by atoms with Gasteiger partial charge in [-0.05, 0) is 55.5 Å². The minimum Gasteiger partial charge on any atom is -0.483 e. The van der Waals surface area contributed by atoms with Gasteiger partial charge in [-0.25, -0.2) is 0 Å². The molecule has 2 aromatic rings. The van der Waals surface area contributed by atoms with Crippen LogP contribution >= 0.6 is 19.2 Å². The van der Waals surface area contributed by atoms with Gasteiger partial charge in [0, 0.05) is 19.2 Å². The Morgan fingerprint density at radius 3 is 1.92 bits per heavy atom. The summed E-state index contributed by atoms with van der Waals surface area (Å²) in [5.74, 6) is 1.38. The molecule has 1 unspecified atom stereocenters. The van der Waals surface area contributed by atoms with Crippen LogP contribution in [0.4, 0.5) is 0 Å². The molecular formula is C18H20ClO6P. The van der Waals surface area contributed by atoms with Gasteiger partial charge in [-0.1, -0.05) is 11.6 Å². The number of benzene rings is 2. The molecule has 140 valence electrons. The van der Waals surface area contributed by atoms with Gasteiger partial charge < -0.3 is 18.5 Å². The predicted molar refractivity (Wildman–Crippen MR) is 99.6 cm³/mol. The number of halogens is 1. The molecule has 1 atom stereocenters. The molecule has 0 heterocycles. The van der Waals surface area contributed by atoms with Gasteiger partial charge in [0.2, 0.25) is 0 Å². The second kappa shape index (κ2) is 9.19. The zero-order valence-corrected chi connectivity index (χ0v) is 16.3. The molecule has 0 aliphatic heterocycles. The van der Waals surface area contributed by atoms with Crippen LogP contribution in [-0.2, 0) is 18.4 Å². The number of Topliss-reactive ketones (excluding diaryl/α,β-unsaturated/α-hetero) is 1. The first-order valence-electron chi connectivity index (χ1n) is 7.78. The largest absolute Gasteiger partial charge is 0.483 e. The quantitative estimate of drug-likeness (QED) is 0.556. The molecule has 0 fully saturated rings. The van der Waals surface area contributed by atoms with E-state index < -0.39 is 13.7 Å². The molecule has 0 radical (unpaired) electrons. The Kier molecular flexibility index (Phi) is 7.23. The highest BCUT2D eigenvalue weighted by molar-refractivity contribution is 7.54. The molecule has 2 rings (SSSR count). The number of hydrogen-bond donors (Lipinski definition) is 0. The fourth-order valence-electron chi connectivity index (χ4n) is 2.02. The van der Waals surface area contributed by atoms with E-state index in [-0.39, 0.29) is 11.9 Å². The summed E-state index contributed by atoms with van der Waals surface area (Å²) in [7, 11) is -0.928. The molecular weight excluding hydrogens is 379 g/mol. The van der Waals surface area contributed by atoms with Crippen LogP contribution in [-0.4, -0.2) is 32.3 Å². The summed E-state index contributed by atoms with van der Waals surface area (Å²) in [4.78, 5) is 12.1. The van der Waals surface area contributed by atoms with Crippen molar-refractivity contribution in [2.45, 2.75) is 13.0 Å². The first kappa shape index (κ1) is 20.5. The van der Waals surface area contributed by atoms with E-state index in [1.165, 1.54) is 14.2 Å². The maximum Gasteiger partial charge on any atom is 0.337 e. The molecule has 0 saturated heterocycles. The Bertz CT molecular complexity index is 767. The van der Waals surface area contributed by atoms with Gasteiger partial charge in [0.15, 0.2) is 11.9 Å². The number of carbonyl (C=O) groups is 1. The van der Waals surface area contributed by atoms with E-state index in [0.717, 1.165) is 0 Å². The molecule has 0 amide bonds. The molecule has 0 saturated carbocycles. The Morgan fingerprint density at radius 1 is 0.962 bits per heavy atom. The maximum absolute atomic E-state index is 12.1. The average molecular weight is 399 g/mol. The standard InChI is InChI=1S/C18H20ClO6P/c1-13(18(20)12-26(21,22-2)23-3)24-15-8-10-17(11-9-15)25-16-6-4-14(19)5-7-16/h4-11,13H,12H2,1-3H3. The third-order valence-corrected chi connectivity index (χ3v) is 5.61.